The van der Waals surface area contributed by atoms with E-state index in [1.54, 1.807) is 30.3 Å². The van der Waals surface area contributed by atoms with Crippen molar-refractivity contribution in [3.8, 4) is 0 Å². The lowest BCUT2D eigenvalue weighted by Crippen LogP contribution is -2.26. The zero-order valence-corrected chi connectivity index (χ0v) is 14.9. The van der Waals surface area contributed by atoms with Gasteiger partial charge in [0, 0.05) is 23.4 Å². The minimum Gasteiger partial charge on any atom is -0.352 e. The molecule has 0 heterocycles. The zero-order chi connectivity index (χ0) is 19.9. The molecule has 4 nitrogen and oxygen atoms in total. The van der Waals surface area contributed by atoms with Gasteiger partial charge >= 0.3 is 0 Å². The molecular formula is C22H18F2N2O2. The molecule has 3 aromatic carbocycles. The molecule has 28 heavy (non-hydrogen) atoms. The molecule has 142 valence electrons. The fourth-order valence-electron chi connectivity index (χ4n) is 2.61. The average Bonchev–Trinajstić information content (AvgIpc) is 2.71. The van der Waals surface area contributed by atoms with Gasteiger partial charge in [0.15, 0.2) is 0 Å². The minimum absolute atomic E-state index is 0.302. The average molecular weight is 380 g/mol. The molecule has 0 unspecified atom stereocenters. The fourth-order valence-corrected chi connectivity index (χ4v) is 2.61. The molecule has 0 aliphatic rings. The summed E-state index contributed by atoms with van der Waals surface area (Å²) >= 11 is 0. The zero-order valence-electron chi connectivity index (χ0n) is 14.9. The molecule has 0 spiro atoms. The number of anilines is 1. The van der Waals surface area contributed by atoms with E-state index in [1.165, 1.54) is 42.5 Å². The maximum absolute atomic E-state index is 12.9. The first kappa shape index (κ1) is 19.2. The molecule has 0 saturated heterocycles. The number of hydrogen-bond acceptors (Lipinski definition) is 2. The number of benzene rings is 3. The van der Waals surface area contributed by atoms with Crippen LogP contribution in [0.1, 0.15) is 26.3 Å². The number of nitrogens with one attached hydrogen (secondary N) is 2. The second-order valence-electron chi connectivity index (χ2n) is 6.17. The van der Waals surface area contributed by atoms with Crippen LogP contribution in [-0.2, 0) is 6.42 Å². The van der Waals surface area contributed by atoms with Gasteiger partial charge in [0.25, 0.3) is 11.8 Å². The van der Waals surface area contributed by atoms with E-state index in [4.69, 9.17) is 0 Å². The number of rotatable bonds is 6. The summed E-state index contributed by atoms with van der Waals surface area (Å²) in [5, 5.41) is 5.43. The third-order valence-corrected chi connectivity index (χ3v) is 4.10. The van der Waals surface area contributed by atoms with Crippen molar-refractivity contribution in [2.75, 3.05) is 11.9 Å². The molecule has 0 aliphatic heterocycles. The lowest BCUT2D eigenvalue weighted by atomic mass is 10.1. The quantitative estimate of drug-likeness (QED) is 0.674. The third kappa shape index (κ3) is 5.23. The summed E-state index contributed by atoms with van der Waals surface area (Å²) in [4.78, 5) is 24.6. The molecular weight excluding hydrogens is 362 g/mol. The Balaban J connectivity index is 1.58. The first-order chi connectivity index (χ1) is 13.5. The van der Waals surface area contributed by atoms with E-state index in [0.29, 0.717) is 29.8 Å². The summed E-state index contributed by atoms with van der Waals surface area (Å²) in [7, 11) is 0. The van der Waals surface area contributed by atoms with Crippen molar-refractivity contribution in [2.45, 2.75) is 6.42 Å². The molecule has 3 rings (SSSR count). The predicted molar refractivity (Wildman–Crippen MR) is 103 cm³/mol. The first-order valence-electron chi connectivity index (χ1n) is 8.71. The largest absolute Gasteiger partial charge is 0.352 e. The number of carbonyl (C=O) groups is 2. The lowest BCUT2D eigenvalue weighted by Gasteiger charge is -2.08. The Morgan fingerprint density at radius 1 is 0.750 bits per heavy atom. The number of hydrogen-bond donors (Lipinski definition) is 2. The highest BCUT2D eigenvalue weighted by molar-refractivity contribution is 6.06. The molecule has 2 amide bonds. The van der Waals surface area contributed by atoms with Crippen molar-refractivity contribution < 1.29 is 18.4 Å². The summed E-state index contributed by atoms with van der Waals surface area (Å²) in [5.74, 6) is -1.40. The summed E-state index contributed by atoms with van der Waals surface area (Å²) < 4.78 is 25.8. The van der Waals surface area contributed by atoms with Gasteiger partial charge in [-0.15, -0.1) is 0 Å². The van der Waals surface area contributed by atoms with E-state index < -0.39 is 11.7 Å². The lowest BCUT2D eigenvalue weighted by molar-refractivity contribution is 0.0954. The maximum atomic E-state index is 12.9. The Kier molecular flexibility index (Phi) is 6.11. The summed E-state index contributed by atoms with van der Waals surface area (Å²) in [6.07, 6.45) is 0.566. The van der Waals surface area contributed by atoms with Crippen LogP contribution in [0, 0.1) is 11.6 Å². The van der Waals surface area contributed by atoms with Gasteiger partial charge in [0.05, 0.1) is 0 Å². The summed E-state index contributed by atoms with van der Waals surface area (Å²) in [5.41, 5.74) is 2.04. The molecule has 0 atom stereocenters. The smallest absolute Gasteiger partial charge is 0.255 e. The van der Waals surface area contributed by atoms with Crippen LogP contribution in [0.3, 0.4) is 0 Å². The molecule has 6 heteroatoms. The molecule has 0 saturated carbocycles. The predicted octanol–water partition coefficient (Wildman–Crippen LogP) is 4.19. The Labute approximate surface area is 161 Å². The van der Waals surface area contributed by atoms with Crippen LogP contribution >= 0.6 is 0 Å². The first-order valence-corrected chi connectivity index (χ1v) is 8.71. The number of amides is 2. The highest BCUT2D eigenvalue weighted by atomic mass is 19.1. The van der Waals surface area contributed by atoms with E-state index in [0.717, 1.165) is 5.56 Å². The highest BCUT2D eigenvalue weighted by Gasteiger charge is 2.11. The van der Waals surface area contributed by atoms with Crippen LogP contribution in [0.15, 0.2) is 72.8 Å². The van der Waals surface area contributed by atoms with Gasteiger partial charge in [0.2, 0.25) is 0 Å². The van der Waals surface area contributed by atoms with Crippen molar-refractivity contribution in [2.24, 2.45) is 0 Å². The van der Waals surface area contributed by atoms with Gasteiger partial charge in [-0.1, -0.05) is 18.2 Å². The minimum atomic E-state index is -0.396. The molecule has 0 aromatic heterocycles. The molecule has 0 fully saturated rings. The highest BCUT2D eigenvalue weighted by Crippen LogP contribution is 2.12. The van der Waals surface area contributed by atoms with Gasteiger partial charge in [-0.05, 0) is 66.6 Å². The van der Waals surface area contributed by atoms with E-state index in [2.05, 4.69) is 10.6 Å². The van der Waals surface area contributed by atoms with Gasteiger partial charge in [0.1, 0.15) is 11.6 Å². The van der Waals surface area contributed by atoms with Gasteiger partial charge < -0.3 is 10.6 Å². The van der Waals surface area contributed by atoms with Crippen LogP contribution in [0.4, 0.5) is 14.5 Å². The molecule has 0 radical (unpaired) electrons. The fraction of sp³-hybridized carbons (Fsp3) is 0.0909. The van der Waals surface area contributed by atoms with Gasteiger partial charge in [-0.25, -0.2) is 8.78 Å². The van der Waals surface area contributed by atoms with Crippen molar-refractivity contribution in [3.05, 3.63) is 101 Å². The van der Waals surface area contributed by atoms with Crippen LogP contribution < -0.4 is 10.6 Å². The van der Waals surface area contributed by atoms with E-state index in [1.807, 2.05) is 0 Å². The Bertz CT molecular complexity index is 971. The van der Waals surface area contributed by atoms with Crippen LogP contribution in [0.5, 0.6) is 0 Å². The molecule has 0 aliphatic carbocycles. The van der Waals surface area contributed by atoms with E-state index in [-0.39, 0.29) is 11.7 Å². The Hall–Kier alpha value is -3.54. The summed E-state index contributed by atoms with van der Waals surface area (Å²) in [6, 6.07) is 17.8. The van der Waals surface area contributed by atoms with Crippen molar-refractivity contribution in [3.63, 3.8) is 0 Å². The van der Waals surface area contributed by atoms with Gasteiger partial charge in [-0.2, -0.15) is 0 Å². The Morgan fingerprint density at radius 2 is 1.32 bits per heavy atom. The monoisotopic (exact) mass is 380 g/mol. The SMILES string of the molecule is O=C(NCCc1ccc(F)cc1)c1cccc(C(=O)Nc2ccc(F)cc2)c1. The second kappa shape index (κ2) is 8.90. The van der Waals surface area contributed by atoms with Crippen LogP contribution in [0.2, 0.25) is 0 Å². The summed E-state index contributed by atoms with van der Waals surface area (Å²) in [6.45, 7) is 0.385. The topological polar surface area (TPSA) is 58.2 Å². The van der Waals surface area contributed by atoms with Crippen LogP contribution in [-0.4, -0.2) is 18.4 Å². The van der Waals surface area contributed by atoms with Gasteiger partial charge in [-0.3, -0.25) is 9.59 Å². The van der Waals surface area contributed by atoms with Crippen LogP contribution in [0.25, 0.3) is 0 Å². The Morgan fingerprint density at radius 3 is 1.96 bits per heavy atom. The molecule has 2 N–H and O–H groups in total. The molecule has 3 aromatic rings. The van der Waals surface area contributed by atoms with E-state index in [9.17, 15) is 18.4 Å². The third-order valence-electron chi connectivity index (χ3n) is 4.10. The van der Waals surface area contributed by atoms with Crippen molar-refractivity contribution in [1.82, 2.24) is 5.32 Å². The van der Waals surface area contributed by atoms with E-state index >= 15 is 0 Å². The van der Waals surface area contributed by atoms with Crippen molar-refractivity contribution in [1.29, 1.82) is 0 Å². The standard InChI is InChI=1S/C22H18F2N2O2/c23-18-6-4-15(5-7-18)12-13-25-21(27)16-2-1-3-17(14-16)22(28)26-20-10-8-19(24)9-11-20/h1-11,14H,12-13H2,(H,25,27)(H,26,28). The normalized spacial score (nSPS) is 10.4. The molecule has 0 bridgehead atoms. The number of halogens is 2. The number of carbonyl (C=O) groups excluding carboxylic acids is 2. The van der Waals surface area contributed by atoms with Crippen molar-refractivity contribution >= 4 is 17.5 Å². The second-order valence-corrected chi connectivity index (χ2v) is 6.17. The maximum Gasteiger partial charge on any atom is 0.255 e.